The number of likely N-dealkylation sites (tertiary alicyclic amines) is 1. The summed E-state index contributed by atoms with van der Waals surface area (Å²) >= 11 is 0. The fourth-order valence-electron chi connectivity index (χ4n) is 2.91. The Labute approximate surface area is 115 Å². The Balaban J connectivity index is 1.94. The summed E-state index contributed by atoms with van der Waals surface area (Å²) in [6.45, 7) is 7.56. The highest BCUT2D eigenvalue weighted by Gasteiger charge is 2.19. The van der Waals surface area contributed by atoms with Crippen LogP contribution in [-0.4, -0.2) is 23.1 Å². The van der Waals surface area contributed by atoms with Gasteiger partial charge in [-0.05, 0) is 61.9 Å². The lowest BCUT2D eigenvalue weighted by atomic mass is 9.89. The third-order valence-corrected chi connectivity index (χ3v) is 4.23. The summed E-state index contributed by atoms with van der Waals surface area (Å²) in [6.07, 6.45) is 3.76. The first-order valence-electron chi connectivity index (χ1n) is 7.26. The van der Waals surface area contributed by atoms with Gasteiger partial charge in [-0.25, -0.2) is 4.39 Å². The van der Waals surface area contributed by atoms with Gasteiger partial charge in [-0.3, -0.25) is 4.90 Å². The van der Waals surface area contributed by atoms with Crippen molar-refractivity contribution in [3.8, 4) is 5.75 Å². The Morgan fingerprint density at radius 1 is 1.32 bits per heavy atom. The van der Waals surface area contributed by atoms with Gasteiger partial charge in [0.25, 0.3) is 0 Å². The molecule has 1 N–H and O–H groups in total. The SMILES string of the molecule is CC(C)C1CCCN(Cc2ccc(O)c(F)c2)CC1. The molecule has 1 saturated heterocycles. The second-order valence-corrected chi connectivity index (χ2v) is 6.00. The van der Waals surface area contributed by atoms with Gasteiger partial charge in [0, 0.05) is 6.54 Å². The van der Waals surface area contributed by atoms with Gasteiger partial charge >= 0.3 is 0 Å². The fourth-order valence-corrected chi connectivity index (χ4v) is 2.91. The molecule has 1 heterocycles. The molecule has 0 spiro atoms. The first-order chi connectivity index (χ1) is 9.06. The predicted molar refractivity (Wildman–Crippen MR) is 75.5 cm³/mol. The van der Waals surface area contributed by atoms with Crippen molar-refractivity contribution in [2.45, 2.75) is 39.7 Å². The molecule has 1 aromatic rings. The summed E-state index contributed by atoms with van der Waals surface area (Å²) in [7, 11) is 0. The Morgan fingerprint density at radius 3 is 2.79 bits per heavy atom. The van der Waals surface area contributed by atoms with Gasteiger partial charge in [-0.15, -0.1) is 0 Å². The minimum absolute atomic E-state index is 0.264. The summed E-state index contributed by atoms with van der Waals surface area (Å²) in [6, 6.07) is 4.70. The first-order valence-corrected chi connectivity index (χ1v) is 7.26. The molecule has 19 heavy (non-hydrogen) atoms. The van der Waals surface area contributed by atoms with Crippen LogP contribution >= 0.6 is 0 Å². The van der Waals surface area contributed by atoms with Gasteiger partial charge in [0.2, 0.25) is 0 Å². The van der Waals surface area contributed by atoms with Crippen LogP contribution in [0, 0.1) is 17.7 Å². The Hall–Kier alpha value is -1.09. The number of hydrogen-bond donors (Lipinski definition) is 1. The van der Waals surface area contributed by atoms with Crippen LogP contribution in [-0.2, 0) is 6.54 Å². The normalized spacial score (nSPS) is 21.6. The van der Waals surface area contributed by atoms with Crippen LogP contribution in [0.3, 0.4) is 0 Å². The van der Waals surface area contributed by atoms with Gasteiger partial charge in [0.1, 0.15) is 0 Å². The van der Waals surface area contributed by atoms with Crippen LogP contribution in [0.2, 0.25) is 0 Å². The van der Waals surface area contributed by atoms with Crippen LogP contribution in [0.4, 0.5) is 4.39 Å². The molecule has 0 aromatic heterocycles. The van der Waals surface area contributed by atoms with Gasteiger partial charge in [0.05, 0.1) is 0 Å². The maximum absolute atomic E-state index is 13.3. The van der Waals surface area contributed by atoms with Crippen molar-refractivity contribution in [2.75, 3.05) is 13.1 Å². The first kappa shape index (κ1) is 14.3. The third kappa shape index (κ3) is 3.93. The zero-order chi connectivity index (χ0) is 13.8. The Morgan fingerprint density at radius 2 is 2.11 bits per heavy atom. The van der Waals surface area contributed by atoms with E-state index in [0.717, 1.165) is 37.0 Å². The second kappa shape index (κ2) is 6.38. The number of phenols is 1. The minimum Gasteiger partial charge on any atom is -0.505 e. The topological polar surface area (TPSA) is 23.5 Å². The van der Waals surface area contributed by atoms with E-state index in [1.54, 1.807) is 0 Å². The molecule has 1 fully saturated rings. The molecule has 0 aliphatic carbocycles. The summed E-state index contributed by atoms with van der Waals surface area (Å²) in [5, 5.41) is 9.20. The number of phenolic OH excluding ortho intramolecular Hbond substituents is 1. The van der Waals surface area contributed by atoms with E-state index >= 15 is 0 Å². The van der Waals surface area contributed by atoms with E-state index in [1.807, 2.05) is 6.07 Å². The number of aromatic hydroxyl groups is 1. The zero-order valence-electron chi connectivity index (χ0n) is 11.9. The van der Waals surface area contributed by atoms with Crippen molar-refractivity contribution in [1.29, 1.82) is 0 Å². The summed E-state index contributed by atoms with van der Waals surface area (Å²) in [5.41, 5.74) is 0.943. The second-order valence-electron chi connectivity index (χ2n) is 6.00. The van der Waals surface area contributed by atoms with Crippen LogP contribution in [0.25, 0.3) is 0 Å². The highest BCUT2D eigenvalue weighted by atomic mass is 19.1. The molecule has 1 atom stereocenters. The molecule has 1 aromatic carbocycles. The van der Waals surface area contributed by atoms with Crippen molar-refractivity contribution in [1.82, 2.24) is 4.90 Å². The van der Waals surface area contributed by atoms with E-state index in [0.29, 0.717) is 0 Å². The van der Waals surface area contributed by atoms with Crippen molar-refractivity contribution in [3.63, 3.8) is 0 Å². The minimum atomic E-state index is -0.521. The van der Waals surface area contributed by atoms with Crippen LogP contribution < -0.4 is 0 Å². The molecule has 1 aliphatic heterocycles. The van der Waals surface area contributed by atoms with Crippen molar-refractivity contribution in [2.24, 2.45) is 11.8 Å². The largest absolute Gasteiger partial charge is 0.505 e. The molecule has 1 aliphatic rings. The average Bonchev–Trinajstić information content (AvgIpc) is 2.59. The maximum Gasteiger partial charge on any atom is 0.165 e. The average molecular weight is 265 g/mol. The Kier molecular flexibility index (Phi) is 4.81. The van der Waals surface area contributed by atoms with Crippen LogP contribution in [0.5, 0.6) is 5.75 Å². The molecule has 0 radical (unpaired) electrons. The van der Waals surface area contributed by atoms with Crippen molar-refractivity contribution < 1.29 is 9.50 Å². The molecule has 3 heteroatoms. The molecule has 106 valence electrons. The summed E-state index contributed by atoms with van der Waals surface area (Å²) < 4.78 is 13.3. The summed E-state index contributed by atoms with van der Waals surface area (Å²) in [4.78, 5) is 2.40. The number of benzene rings is 1. The molecule has 2 rings (SSSR count). The van der Waals surface area contributed by atoms with E-state index in [1.165, 1.54) is 31.4 Å². The number of nitrogens with zero attached hydrogens (tertiary/aromatic N) is 1. The standard InChI is InChI=1S/C16H24FNO/c1-12(2)14-4-3-8-18(9-7-14)11-13-5-6-16(19)15(17)10-13/h5-6,10,12,14,19H,3-4,7-9,11H2,1-2H3. The van der Waals surface area contributed by atoms with E-state index in [9.17, 15) is 9.50 Å². The Bertz CT molecular complexity index is 419. The fraction of sp³-hybridized carbons (Fsp3) is 0.625. The van der Waals surface area contributed by atoms with E-state index in [4.69, 9.17) is 0 Å². The quantitative estimate of drug-likeness (QED) is 0.898. The molecule has 2 nitrogen and oxygen atoms in total. The monoisotopic (exact) mass is 265 g/mol. The van der Waals surface area contributed by atoms with E-state index in [2.05, 4.69) is 18.7 Å². The molecular formula is C16H24FNO. The van der Waals surface area contributed by atoms with Crippen LogP contribution in [0.15, 0.2) is 18.2 Å². The van der Waals surface area contributed by atoms with Gasteiger partial charge < -0.3 is 5.11 Å². The van der Waals surface area contributed by atoms with Crippen molar-refractivity contribution >= 4 is 0 Å². The van der Waals surface area contributed by atoms with Gasteiger partial charge in [0.15, 0.2) is 11.6 Å². The molecule has 1 unspecified atom stereocenters. The highest BCUT2D eigenvalue weighted by Crippen LogP contribution is 2.25. The third-order valence-electron chi connectivity index (χ3n) is 4.23. The molecular weight excluding hydrogens is 241 g/mol. The molecule has 0 amide bonds. The van der Waals surface area contributed by atoms with Gasteiger partial charge in [-0.2, -0.15) is 0 Å². The number of halogens is 1. The number of rotatable bonds is 3. The molecule has 0 bridgehead atoms. The lowest BCUT2D eigenvalue weighted by Gasteiger charge is -2.21. The van der Waals surface area contributed by atoms with Crippen LogP contribution in [0.1, 0.15) is 38.7 Å². The maximum atomic E-state index is 13.3. The lowest BCUT2D eigenvalue weighted by molar-refractivity contribution is 0.264. The zero-order valence-corrected chi connectivity index (χ0v) is 11.9. The number of hydrogen-bond acceptors (Lipinski definition) is 2. The smallest absolute Gasteiger partial charge is 0.165 e. The lowest BCUT2D eigenvalue weighted by Crippen LogP contribution is -2.24. The van der Waals surface area contributed by atoms with E-state index < -0.39 is 5.82 Å². The predicted octanol–water partition coefficient (Wildman–Crippen LogP) is 3.79. The van der Waals surface area contributed by atoms with E-state index in [-0.39, 0.29) is 5.75 Å². The highest BCUT2D eigenvalue weighted by molar-refractivity contribution is 5.27. The van der Waals surface area contributed by atoms with Crippen molar-refractivity contribution in [3.05, 3.63) is 29.6 Å². The van der Waals surface area contributed by atoms with Gasteiger partial charge in [-0.1, -0.05) is 19.9 Å². The summed E-state index contributed by atoms with van der Waals surface area (Å²) in [5.74, 6) is 0.791. The molecule has 0 saturated carbocycles.